The molecular weight excluding hydrogens is 466 g/mol. The Kier molecular flexibility index (Phi) is 7.73. The molecule has 1 aliphatic rings. The molecule has 0 saturated carbocycles. The number of pyridine rings is 1. The molecule has 1 aromatic carbocycles. The van der Waals surface area contributed by atoms with E-state index >= 15 is 0 Å². The number of carbonyl (C=O) groups is 1. The maximum absolute atomic E-state index is 13.9. The summed E-state index contributed by atoms with van der Waals surface area (Å²) in [5.74, 6) is -0.920. The number of nitrogen functional groups attached to an aromatic ring is 1. The number of anilines is 2. The predicted molar refractivity (Wildman–Crippen MR) is 135 cm³/mol. The number of aromatic nitrogens is 3. The van der Waals surface area contributed by atoms with E-state index in [0.717, 1.165) is 31.4 Å². The number of hydrogen-bond acceptors (Lipinski definition) is 6. The molecule has 0 unspecified atom stereocenters. The number of halogens is 2. The van der Waals surface area contributed by atoms with Crippen molar-refractivity contribution in [1.82, 2.24) is 19.9 Å². The molecular formula is C26H30F2N6O2. The Morgan fingerprint density at radius 2 is 1.97 bits per heavy atom. The van der Waals surface area contributed by atoms with Crippen LogP contribution in [0.4, 0.5) is 20.3 Å². The van der Waals surface area contributed by atoms with Gasteiger partial charge < -0.3 is 16.4 Å². The summed E-state index contributed by atoms with van der Waals surface area (Å²) in [7, 11) is 0. The summed E-state index contributed by atoms with van der Waals surface area (Å²) >= 11 is 0. The van der Waals surface area contributed by atoms with E-state index in [4.69, 9.17) is 5.73 Å². The first-order chi connectivity index (χ1) is 17.3. The summed E-state index contributed by atoms with van der Waals surface area (Å²) in [5.41, 5.74) is 8.04. The maximum atomic E-state index is 13.9. The molecule has 0 bridgehead atoms. The molecule has 1 amide bonds. The average molecular weight is 497 g/mol. The summed E-state index contributed by atoms with van der Waals surface area (Å²) < 4.78 is 27.9. The standard InChI is InChI=1S/C26H30F2N6O2/c1-15-8-17(20(28)11-27)9-16(2)23(15)34-14-32-24(29)22(26(34)36)25(35)33-19-10-18(12-30-13-19)21-6-4-3-5-7-31-21/h8-10,12-14,20-21,31H,3-7,11,29H2,1-2H3,(H,33,35)/t20-,21+/m0/s1. The van der Waals surface area contributed by atoms with Crippen LogP contribution in [-0.2, 0) is 0 Å². The van der Waals surface area contributed by atoms with Gasteiger partial charge in [-0.2, -0.15) is 0 Å². The lowest BCUT2D eigenvalue weighted by atomic mass is 10.0. The van der Waals surface area contributed by atoms with Crippen molar-refractivity contribution in [3.05, 3.63) is 75.1 Å². The fourth-order valence-electron chi connectivity index (χ4n) is 4.70. The third kappa shape index (κ3) is 5.28. The van der Waals surface area contributed by atoms with E-state index in [1.807, 2.05) is 6.07 Å². The minimum atomic E-state index is -1.75. The Balaban J connectivity index is 1.65. The van der Waals surface area contributed by atoms with Gasteiger partial charge in [0, 0.05) is 12.2 Å². The summed E-state index contributed by atoms with van der Waals surface area (Å²) in [6.07, 6.45) is 7.14. The molecule has 2 aromatic heterocycles. The highest BCUT2D eigenvalue weighted by Gasteiger charge is 2.22. The van der Waals surface area contributed by atoms with Crippen molar-refractivity contribution in [2.75, 3.05) is 24.3 Å². The van der Waals surface area contributed by atoms with E-state index < -0.39 is 24.3 Å². The minimum absolute atomic E-state index is 0.146. The topological polar surface area (TPSA) is 115 Å². The quantitative estimate of drug-likeness (QED) is 0.470. The van der Waals surface area contributed by atoms with Crippen LogP contribution in [0.1, 0.15) is 70.5 Å². The second-order valence-electron chi connectivity index (χ2n) is 9.12. The maximum Gasteiger partial charge on any atom is 0.272 e. The van der Waals surface area contributed by atoms with Crippen molar-refractivity contribution < 1.29 is 13.6 Å². The largest absolute Gasteiger partial charge is 0.383 e. The van der Waals surface area contributed by atoms with Gasteiger partial charge in [-0.15, -0.1) is 0 Å². The first kappa shape index (κ1) is 25.4. The van der Waals surface area contributed by atoms with Gasteiger partial charge in [0.25, 0.3) is 11.5 Å². The van der Waals surface area contributed by atoms with Crippen molar-refractivity contribution in [2.24, 2.45) is 0 Å². The number of benzene rings is 1. The van der Waals surface area contributed by atoms with Gasteiger partial charge in [-0.05, 0) is 61.6 Å². The summed E-state index contributed by atoms with van der Waals surface area (Å²) in [5, 5.41) is 6.22. The summed E-state index contributed by atoms with van der Waals surface area (Å²) in [6, 6.07) is 4.94. The van der Waals surface area contributed by atoms with Gasteiger partial charge in [-0.25, -0.2) is 13.8 Å². The molecule has 0 aliphatic carbocycles. The molecule has 1 fully saturated rings. The van der Waals surface area contributed by atoms with Crippen LogP contribution in [-0.4, -0.2) is 33.7 Å². The van der Waals surface area contributed by atoms with Crippen LogP contribution in [0.5, 0.6) is 0 Å². The second kappa shape index (κ2) is 10.9. The van der Waals surface area contributed by atoms with Gasteiger partial charge in [0.2, 0.25) is 0 Å². The van der Waals surface area contributed by atoms with Crippen molar-refractivity contribution in [1.29, 1.82) is 0 Å². The van der Waals surface area contributed by atoms with Crippen LogP contribution in [0.25, 0.3) is 5.69 Å². The number of rotatable bonds is 6. The third-order valence-corrected chi connectivity index (χ3v) is 6.46. The molecule has 36 heavy (non-hydrogen) atoms. The molecule has 190 valence electrons. The van der Waals surface area contributed by atoms with E-state index in [1.165, 1.54) is 35.6 Å². The third-order valence-electron chi connectivity index (χ3n) is 6.46. The highest BCUT2D eigenvalue weighted by Crippen LogP contribution is 2.27. The fraction of sp³-hybridized carbons (Fsp3) is 0.385. The molecule has 1 saturated heterocycles. The van der Waals surface area contributed by atoms with Crippen LogP contribution >= 0.6 is 0 Å². The lowest BCUT2D eigenvalue weighted by Gasteiger charge is -2.17. The van der Waals surface area contributed by atoms with E-state index in [9.17, 15) is 18.4 Å². The van der Waals surface area contributed by atoms with Gasteiger partial charge in [-0.3, -0.25) is 19.1 Å². The molecule has 10 heteroatoms. The van der Waals surface area contributed by atoms with E-state index in [2.05, 4.69) is 20.6 Å². The number of amides is 1. The van der Waals surface area contributed by atoms with Gasteiger partial charge in [0.1, 0.15) is 24.4 Å². The molecule has 0 spiro atoms. The highest BCUT2D eigenvalue weighted by molar-refractivity contribution is 6.06. The van der Waals surface area contributed by atoms with Gasteiger partial charge >= 0.3 is 0 Å². The van der Waals surface area contributed by atoms with Crippen molar-refractivity contribution in [3.63, 3.8) is 0 Å². The van der Waals surface area contributed by atoms with Crippen LogP contribution in [0.3, 0.4) is 0 Å². The average Bonchev–Trinajstić information content (AvgIpc) is 3.14. The smallest absolute Gasteiger partial charge is 0.272 e. The van der Waals surface area contributed by atoms with Gasteiger partial charge in [0.15, 0.2) is 6.17 Å². The number of nitrogens with two attached hydrogens (primary N) is 1. The number of carbonyl (C=O) groups excluding carboxylic acids is 1. The molecule has 0 radical (unpaired) electrons. The zero-order valence-electron chi connectivity index (χ0n) is 20.4. The minimum Gasteiger partial charge on any atom is -0.383 e. The SMILES string of the molecule is Cc1cc([C@@H](F)CF)cc(C)c1-n1cnc(N)c(C(=O)Nc2cncc([C@H]3CCCCCN3)c2)c1=O. The highest BCUT2D eigenvalue weighted by atomic mass is 19.2. The van der Waals surface area contributed by atoms with Crippen molar-refractivity contribution >= 4 is 17.4 Å². The molecule has 4 rings (SSSR count). The van der Waals surface area contributed by atoms with E-state index in [1.54, 1.807) is 20.0 Å². The summed E-state index contributed by atoms with van der Waals surface area (Å²) in [4.78, 5) is 34.8. The molecule has 3 aromatic rings. The number of nitrogens with zero attached hydrogens (tertiary/aromatic N) is 3. The lowest BCUT2D eigenvalue weighted by Crippen LogP contribution is -2.31. The van der Waals surface area contributed by atoms with Crippen molar-refractivity contribution in [3.8, 4) is 5.69 Å². The zero-order valence-corrected chi connectivity index (χ0v) is 20.4. The summed E-state index contributed by atoms with van der Waals surface area (Å²) in [6.45, 7) is 3.14. The molecule has 8 nitrogen and oxygen atoms in total. The van der Waals surface area contributed by atoms with Gasteiger partial charge in [0.05, 0.1) is 17.6 Å². The molecule has 3 heterocycles. The lowest BCUT2D eigenvalue weighted by molar-refractivity contribution is 0.102. The van der Waals surface area contributed by atoms with Crippen molar-refractivity contribution in [2.45, 2.75) is 51.7 Å². The second-order valence-corrected chi connectivity index (χ2v) is 9.12. The Morgan fingerprint density at radius 1 is 1.22 bits per heavy atom. The number of aryl methyl sites for hydroxylation is 2. The first-order valence-corrected chi connectivity index (χ1v) is 12.0. The Bertz CT molecular complexity index is 1300. The zero-order chi connectivity index (χ0) is 25.8. The number of alkyl halides is 2. The predicted octanol–water partition coefficient (Wildman–Crippen LogP) is 4.26. The number of hydrogen-bond donors (Lipinski definition) is 3. The van der Waals surface area contributed by atoms with Crippen LogP contribution in [0, 0.1) is 13.8 Å². The monoisotopic (exact) mass is 496 g/mol. The van der Waals surface area contributed by atoms with E-state index in [0.29, 0.717) is 22.5 Å². The number of nitrogens with one attached hydrogen (secondary N) is 2. The van der Waals surface area contributed by atoms with Crippen LogP contribution in [0.2, 0.25) is 0 Å². The molecule has 1 aliphatic heterocycles. The molecule has 2 atom stereocenters. The normalized spacial score (nSPS) is 16.8. The Hall–Kier alpha value is -3.66. The fourth-order valence-corrected chi connectivity index (χ4v) is 4.70. The van der Waals surface area contributed by atoms with Gasteiger partial charge in [-0.1, -0.05) is 25.0 Å². The van der Waals surface area contributed by atoms with E-state index in [-0.39, 0.29) is 23.0 Å². The van der Waals surface area contributed by atoms with Crippen LogP contribution < -0.4 is 21.9 Å². The first-order valence-electron chi connectivity index (χ1n) is 12.0. The Morgan fingerprint density at radius 3 is 2.69 bits per heavy atom. The Labute approximate surface area is 208 Å². The molecule has 4 N–H and O–H groups in total. The van der Waals surface area contributed by atoms with Crippen LogP contribution in [0.15, 0.2) is 41.7 Å².